The van der Waals surface area contributed by atoms with Crippen LogP contribution in [0.1, 0.15) is 22.5 Å². The number of carboxylic acids is 1. The minimum Gasteiger partial charge on any atom is -0.477 e. The molecule has 1 aromatic carbocycles. The maximum atomic E-state index is 13.0. The Hall–Kier alpha value is -3.01. The lowest BCUT2D eigenvalue weighted by Gasteiger charge is -2.05. The van der Waals surface area contributed by atoms with Gasteiger partial charge in [0.15, 0.2) is 5.82 Å². The van der Waals surface area contributed by atoms with E-state index in [0.717, 1.165) is 5.56 Å². The van der Waals surface area contributed by atoms with E-state index in [2.05, 4.69) is 31.4 Å². The van der Waals surface area contributed by atoms with Crippen LogP contribution in [0.5, 0.6) is 0 Å². The van der Waals surface area contributed by atoms with Crippen molar-refractivity contribution < 1.29 is 19.1 Å². The van der Waals surface area contributed by atoms with Crippen LogP contribution in [0.25, 0.3) is 0 Å². The number of carbonyl (C=O) groups is 2. The van der Waals surface area contributed by atoms with Crippen molar-refractivity contribution in [2.75, 3.05) is 5.32 Å². The van der Waals surface area contributed by atoms with Crippen LogP contribution in [0.15, 0.2) is 47.2 Å². The molecule has 140 valence electrons. The highest BCUT2D eigenvalue weighted by molar-refractivity contribution is 9.10. The number of aryl methyl sites for hydroxylation is 1. The lowest BCUT2D eigenvalue weighted by atomic mass is 10.2. The predicted octanol–water partition coefficient (Wildman–Crippen LogP) is 2.76. The summed E-state index contributed by atoms with van der Waals surface area (Å²) in [5, 5.41) is 19.9. The number of nitrogens with one attached hydrogen (secondary N) is 1. The summed E-state index contributed by atoms with van der Waals surface area (Å²) in [5.74, 6) is -1.39. The van der Waals surface area contributed by atoms with Crippen molar-refractivity contribution in [3.8, 4) is 0 Å². The summed E-state index contributed by atoms with van der Waals surface area (Å²) < 4.78 is 16.4. The highest BCUT2D eigenvalue weighted by Gasteiger charge is 2.14. The van der Waals surface area contributed by atoms with Gasteiger partial charge in [0.05, 0.1) is 17.6 Å². The number of hydrogen-bond acceptors (Lipinski definition) is 4. The Bertz CT molecular complexity index is 967. The van der Waals surface area contributed by atoms with Crippen LogP contribution in [-0.2, 0) is 17.9 Å². The molecule has 1 amide bonds. The molecule has 3 aromatic rings. The molecule has 0 aliphatic rings. The van der Waals surface area contributed by atoms with Crippen LogP contribution in [-0.4, -0.2) is 36.5 Å². The fraction of sp³-hybridized carbons (Fsp3) is 0.176. The zero-order chi connectivity index (χ0) is 19.4. The van der Waals surface area contributed by atoms with E-state index < -0.39 is 5.97 Å². The second-order valence-electron chi connectivity index (χ2n) is 5.69. The molecule has 3 rings (SSSR count). The second kappa shape index (κ2) is 8.12. The standard InChI is InChI=1S/C17H15BrFN5O3/c18-13-10-23(9-11-1-3-12(19)4-2-11)22-16(13)21-15(25)6-8-24-14(17(26)27)5-7-20-24/h1-5,7,10H,6,8-9H2,(H,26,27)(H,21,22,25). The van der Waals surface area contributed by atoms with E-state index in [4.69, 9.17) is 5.11 Å². The molecule has 0 saturated carbocycles. The summed E-state index contributed by atoms with van der Waals surface area (Å²) in [6, 6.07) is 7.43. The average molecular weight is 436 g/mol. The molecule has 0 radical (unpaired) electrons. The Labute approximate surface area is 161 Å². The fourth-order valence-electron chi connectivity index (χ4n) is 2.43. The van der Waals surface area contributed by atoms with E-state index in [1.54, 1.807) is 23.0 Å². The van der Waals surface area contributed by atoms with Crippen molar-refractivity contribution in [2.45, 2.75) is 19.5 Å². The second-order valence-corrected chi connectivity index (χ2v) is 6.55. The molecule has 10 heteroatoms. The van der Waals surface area contributed by atoms with Crippen LogP contribution >= 0.6 is 15.9 Å². The molecule has 8 nitrogen and oxygen atoms in total. The Kier molecular flexibility index (Phi) is 5.65. The molecule has 2 N–H and O–H groups in total. The quantitative estimate of drug-likeness (QED) is 0.593. The van der Waals surface area contributed by atoms with Crippen LogP contribution in [0, 0.1) is 5.82 Å². The molecule has 0 bridgehead atoms. The molecular formula is C17H15BrFN5O3. The third-order valence-corrected chi connectivity index (χ3v) is 4.30. The first-order chi connectivity index (χ1) is 12.9. The van der Waals surface area contributed by atoms with Gasteiger partial charge in [0.2, 0.25) is 5.91 Å². The minimum absolute atomic E-state index is 0.0209. The Morgan fingerprint density at radius 3 is 2.67 bits per heavy atom. The van der Waals surface area contributed by atoms with Crippen molar-refractivity contribution in [3.05, 3.63) is 64.3 Å². The molecule has 0 spiro atoms. The maximum absolute atomic E-state index is 13.0. The largest absolute Gasteiger partial charge is 0.477 e. The molecule has 0 saturated heterocycles. The van der Waals surface area contributed by atoms with Crippen LogP contribution in [0.2, 0.25) is 0 Å². The molecule has 27 heavy (non-hydrogen) atoms. The number of amides is 1. The lowest BCUT2D eigenvalue weighted by molar-refractivity contribution is -0.116. The van der Waals surface area contributed by atoms with Gasteiger partial charge in [-0.25, -0.2) is 9.18 Å². The minimum atomic E-state index is -1.10. The normalized spacial score (nSPS) is 10.7. The number of aromatic carboxylic acids is 1. The number of anilines is 1. The zero-order valence-electron chi connectivity index (χ0n) is 14.0. The molecule has 2 heterocycles. The van der Waals surface area contributed by atoms with Gasteiger partial charge in [-0.05, 0) is 39.7 Å². The zero-order valence-corrected chi connectivity index (χ0v) is 15.6. The van der Waals surface area contributed by atoms with Crippen molar-refractivity contribution in [3.63, 3.8) is 0 Å². The molecular weight excluding hydrogens is 421 g/mol. The summed E-state index contributed by atoms with van der Waals surface area (Å²) in [7, 11) is 0. The highest BCUT2D eigenvalue weighted by Crippen LogP contribution is 2.21. The number of halogens is 2. The molecule has 0 aliphatic heterocycles. The summed E-state index contributed by atoms with van der Waals surface area (Å²) in [4.78, 5) is 23.2. The summed E-state index contributed by atoms with van der Waals surface area (Å²) >= 11 is 3.34. The topological polar surface area (TPSA) is 102 Å². The van der Waals surface area contributed by atoms with Gasteiger partial charge in [-0.15, -0.1) is 0 Å². The molecule has 0 fully saturated rings. The van der Waals surface area contributed by atoms with E-state index in [0.29, 0.717) is 16.8 Å². The monoisotopic (exact) mass is 435 g/mol. The van der Waals surface area contributed by atoms with Crippen molar-refractivity contribution in [2.24, 2.45) is 0 Å². The summed E-state index contributed by atoms with van der Waals surface area (Å²) in [6.07, 6.45) is 3.11. The Morgan fingerprint density at radius 2 is 1.96 bits per heavy atom. The SMILES string of the molecule is O=C(CCn1nccc1C(=O)O)Nc1nn(Cc2ccc(F)cc2)cc1Br. The average Bonchev–Trinajstić information content (AvgIpc) is 3.22. The van der Waals surface area contributed by atoms with Gasteiger partial charge in [0.25, 0.3) is 0 Å². The molecule has 0 unspecified atom stereocenters. The van der Waals surface area contributed by atoms with Gasteiger partial charge >= 0.3 is 5.97 Å². The predicted molar refractivity (Wildman–Crippen MR) is 97.9 cm³/mol. The van der Waals surface area contributed by atoms with E-state index >= 15 is 0 Å². The van der Waals surface area contributed by atoms with E-state index in [9.17, 15) is 14.0 Å². The van der Waals surface area contributed by atoms with Gasteiger partial charge in [-0.1, -0.05) is 12.1 Å². The number of nitrogens with zero attached hydrogens (tertiary/aromatic N) is 4. The Morgan fingerprint density at radius 1 is 1.22 bits per heavy atom. The molecule has 0 atom stereocenters. The third-order valence-electron chi connectivity index (χ3n) is 3.72. The van der Waals surface area contributed by atoms with Gasteiger partial charge in [0.1, 0.15) is 11.5 Å². The number of hydrogen-bond donors (Lipinski definition) is 2. The van der Waals surface area contributed by atoms with Crippen molar-refractivity contribution >= 4 is 33.6 Å². The van der Waals surface area contributed by atoms with Crippen molar-refractivity contribution in [1.29, 1.82) is 0 Å². The number of aromatic nitrogens is 4. The van der Waals surface area contributed by atoms with Gasteiger partial charge < -0.3 is 10.4 Å². The molecule has 0 aliphatic carbocycles. The van der Waals surface area contributed by atoms with Gasteiger partial charge in [0, 0.05) is 18.8 Å². The van der Waals surface area contributed by atoms with Crippen LogP contribution in [0.3, 0.4) is 0 Å². The first-order valence-electron chi connectivity index (χ1n) is 7.95. The fourth-order valence-corrected chi connectivity index (χ4v) is 2.85. The number of carbonyl (C=O) groups excluding carboxylic acids is 1. The van der Waals surface area contributed by atoms with Crippen LogP contribution in [0.4, 0.5) is 10.2 Å². The first kappa shape index (κ1) is 18.8. The third kappa shape index (κ3) is 4.79. The van der Waals surface area contributed by atoms with E-state index in [1.807, 2.05) is 0 Å². The first-order valence-corrected chi connectivity index (χ1v) is 8.74. The highest BCUT2D eigenvalue weighted by atomic mass is 79.9. The van der Waals surface area contributed by atoms with Gasteiger partial charge in [-0.2, -0.15) is 10.2 Å². The summed E-state index contributed by atoms with van der Waals surface area (Å²) in [6.45, 7) is 0.554. The number of rotatable bonds is 7. The summed E-state index contributed by atoms with van der Waals surface area (Å²) in [5.41, 5.74) is 0.886. The van der Waals surface area contributed by atoms with E-state index in [1.165, 1.54) is 29.1 Å². The Balaban J connectivity index is 1.59. The number of carboxylic acid groups (broad SMARTS) is 1. The number of benzene rings is 1. The smallest absolute Gasteiger partial charge is 0.354 e. The van der Waals surface area contributed by atoms with E-state index in [-0.39, 0.29) is 30.4 Å². The van der Waals surface area contributed by atoms with Gasteiger partial charge in [-0.3, -0.25) is 14.2 Å². The lowest BCUT2D eigenvalue weighted by Crippen LogP contribution is -2.18. The van der Waals surface area contributed by atoms with Crippen molar-refractivity contribution in [1.82, 2.24) is 19.6 Å². The maximum Gasteiger partial charge on any atom is 0.354 e. The molecule has 2 aromatic heterocycles. The van der Waals surface area contributed by atoms with Crippen LogP contribution < -0.4 is 5.32 Å².